The molecule has 0 radical (unpaired) electrons. The summed E-state index contributed by atoms with van der Waals surface area (Å²) in [6, 6.07) is 0. The fourth-order valence-electron chi connectivity index (χ4n) is 3.14. The van der Waals surface area contributed by atoms with Crippen LogP contribution in [0.2, 0.25) is 0 Å². The van der Waals surface area contributed by atoms with Crippen LogP contribution in [0.4, 0.5) is 0 Å². The van der Waals surface area contributed by atoms with Crippen LogP contribution in [0.3, 0.4) is 0 Å². The van der Waals surface area contributed by atoms with Crippen molar-refractivity contribution in [2.75, 3.05) is 5.33 Å². The van der Waals surface area contributed by atoms with Crippen LogP contribution in [0, 0.1) is 11.3 Å². The number of rotatable bonds is 6. The molecule has 3 heteroatoms. The molecule has 0 aliphatic heterocycles. The lowest BCUT2D eigenvalue weighted by molar-refractivity contribution is 0.167. The average Bonchev–Trinajstić information content (AvgIpc) is 2.91. The Bertz CT molecular complexity index is 328. The van der Waals surface area contributed by atoms with Crippen LogP contribution in [-0.2, 0) is 6.42 Å². The molecule has 0 N–H and O–H groups in total. The summed E-state index contributed by atoms with van der Waals surface area (Å²) in [5, 5.41) is 3.35. The molecule has 1 aromatic rings. The molecule has 0 saturated heterocycles. The minimum Gasteiger partial charge on any atom is -0.250 e. The largest absolute Gasteiger partial charge is 0.250 e. The Kier molecular flexibility index (Phi) is 5.68. The van der Waals surface area contributed by atoms with E-state index in [9.17, 15) is 0 Å². The van der Waals surface area contributed by atoms with E-state index in [2.05, 4.69) is 33.2 Å². The minimum atomic E-state index is 0.483. The van der Waals surface area contributed by atoms with Gasteiger partial charge in [0, 0.05) is 10.7 Å². The third-order valence-electron chi connectivity index (χ3n) is 4.45. The van der Waals surface area contributed by atoms with Crippen LogP contribution in [0.5, 0.6) is 0 Å². The molecule has 0 atom stereocenters. The monoisotopic (exact) mass is 329 g/mol. The van der Waals surface area contributed by atoms with E-state index < -0.39 is 0 Å². The van der Waals surface area contributed by atoms with E-state index >= 15 is 0 Å². The Morgan fingerprint density at radius 3 is 2.78 bits per heavy atom. The molecule has 1 heterocycles. The topological polar surface area (TPSA) is 12.9 Å². The number of hydrogen-bond donors (Lipinski definition) is 0. The first-order chi connectivity index (χ1) is 8.78. The Balaban J connectivity index is 1.87. The second-order valence-electron chi connectivity index (χ2n) is 5.88. The van der Waals surface area contributed by atoms with Crippen LogP contribution in [0.15, 0.2) is 10.9 Å². The predicted octanol–water partition coefficient (Wildman–Crippen LogP) is 5.45. The van der Waals surface area contributed by atoms with Crippen molar-refractivity contribution in [3.63, 3.8) is 0 Å². The summed E-state index contributed by atoms with van der Waals surface area (Å²) in [6.07, 6.45) is 11.0. The summed E-state index contributed by atoms with van der Waals surface area (Å²) >= 11 is 5.48. The highest BCUT2D eigenvalue weighted by Crippen LogP contribution is 2.44. The Morgan fingerprint density at radius 2 is 2.22 bits per heavy atom. The van der Waals surface area contributed by atoms with Crippen molar-refractivity contribution < 1.29 is 0 Å². The molecule has 1 aliphatic rings. The maximum atomic E-state index is 4.47. The van der Waals surface area contributed by atoms with Crippen LogP contribution < -0.4 is 0 Å². The lowest BCUT2D eigenvalue weighted by Gasteiger charge is -2.39. The predicted molar refractivity (Wildman–Crippen MR) is 83.5 cm³/mol. The summed E-state index contributed by atoms with van der Waals surface area (Å²) in [5.41, 5.74) is 3.74. The number of thiazole rings is 1. The van der Waals surface area contributed by atoms with Crippen molar-refractivity contribution in [3.8, 4) is 0 Å². The molecule has 102 valence electrons. The highest BCUT2D eigenvalue weighted by Gasteiger charge is 2.34. The Hall–Kier alpha value is 0.110. The zero-order valence-corrected chi connectivity index (χ0v) is 13.7. The average molecular weight is 330 g/mol. The smallest absolute Gasteiger partial charge is 0.0794 e. The summed E-state index contributed by atoms with van der Waals surface area (Å²) in [5.74, 6) is 0.993. The van der Waals surface area contributed by atoms with Crippen molar-refractivity contribution in [2.45, 2.75) is 58.3 Å². The number of nitrogens with zero attached hydrogens (tertiary/aromatic N) is 1. The Labute approximate surface area is 124 Å². The zero-order valence-electron chi connectivity index (χ0n) is 11.3. The molecule has 1 aromatic heterocycles. The van der Waals surface area contributed by atoms with E-state index in [1.807, 2.05) is 5.51 Å². The van der Waals surface area contributed by atoms with Crippen molar-refractivity contribution >= 4 is 27.3 Å². The van der Waals surface area contributed by atoms with Gasteiger partial charge in [0.1, 0.15) is 0 Å². The van der Waals surface area contributed by atoms with Gasteiger partial charge in [-0.15, -0.1) is 11.3 Å². The zero-order chi connectivity index (χ0) is 12.8. The van der Waals surface area contributed by atoms with Crippen molar-refractivity contribution in [1.82, 2.24) is 4.98 Å². The summed E-state index contributed by atoms with van der Waals surface area (Å²) in [4.78, 5) is 4.47. The summed E-state index contributed by atoms with van der Waals surface area (Å²) < 4.78 is 0. The number of hydrogen-bond acceptors (Lipinski definition) is 2. The van der Waals surface area contributed by atoms with E-state index in [0.29, 0.717) is 5.41 Å². The normalized spacial score (nSPS) is 28.4. The van der Waals surface area contributed by atoms with Crippen LogP contribution in [-0.4, -0.2) is 10.3 Å². The van der Waals surface area contributed by atoms with E-state index in [-0.39, 0.29) is 0 Å². The molecule has 1 fully saturated rings. The number of unbranched alkanes of at least 4 members (excludes halogenated alkanes) is 1. The Morgan fingerprint density at radius 1 is 1.44 bits per heavy atom. The molecule has 1 nitrogen and oxygen atoms in total. The number of aromatic nitrogens is 1. The van der Waals surface area contributed by atoms with Gasteiger partial charge in [0.2, 0.25) is 0 Å². The van der Waals surface area contributed by atoms with E-state index in [1.54, 1.807) is 11.3 Å². The second-order valence-corrected chi connectivity index (χ2v) is 7.16. The molecule has 2 rings (SSSR count). The van der Waals surface area contributed by atoms with Crippen LogP contribution in [0.1, 0.15) is 57.6 Å². The molecular formula is C15H24BrNS. The molecule has 0 unspecified atom stereocenters. The quantitative estimate of drug-likeness (QED) is 0.632. The van der Waals surface area contributed by atoms with Gasteiger partial charge in [0.05, 0.1) is 11.2 Å². The molecule has 0 spiro atoms. The molecule has 18 heavy (non-hydrogen) atoms. The molecule has 1 saturated carbocycles. The van der Waals surface area contributed by atoms with Gasteiger partial charge in [-0.2, -0.15) is 0 Å². The van der Waals surface area contributed by atoms with Crippen molar-refractivity contribution in [1.29, 1.82) is 0 Å². The van der Waals surface area contributed by atoms with E-state index in [1.165, 1.54) is 57.1 Å². The van der Waals surface area contributed by atoms with Crippen LogP contribution in [0.25, 0.3) is 0 Å². The van der Waals surface area contributed by atoms with Gasteiger partial charge in [0.15, 0.2) is 0 Å². The molecule has 0 amide bonds. The van der Waals surface area contributed by atoms with Gasteiger partial charge >= 0.3 is 0 Å². The van der Waals surface area contributed by atoms with Gasteiger partial charge in [0.25, 0.3) is 0 Å². The highest BCUT2D eigenvalue weighted by molar-refractivity contribution is 9.09. The first kappa shape index (κ1) is 14.5. The van der Waals surface area contributed by atoms with Gasteiger partial charge in [-0.05, 0) is 43.4 Å². The molecule has 1 aliphatic carbocycles. The molecule has 0 aromatic carbocycles. The van der Waals surface area contributed by atoms with Gasteiger partial charge in [-0.25, -0.2) is 4.98 Å². The summed E-state index contributed by atoms with van der Waals surface area (Å²) in [7, 11) is 0. The van der Waals surface area contributed by atoms with Gasteiger partial charge in [-0.3, -0.25) is 0 Å². The van der Waals surface area contributed by atoms with Crippen molar-refractivity contribution in [2.24, 2.45) is 11.3 Å². The number of alkyl halides is 1. The molecular weight excluding hydrogens is 306 g/mol. The first-order valence-electron chi connectivity index (χ1n) is 7.21. The maximum absolute atomic E-state index is 4.47. The SMILES string of the molecule is CCCCC1CCC(CBr)(Cc2cscn2)CC1. The lowest BCUT2D eigenvalue weighted by Crippen LogP contribution is -2.31. The van der Waals surface area contributed by atoms with E-state index in [4.69, 9.17) is 0 Å². The maximum Gasteiger partial charge on any atom is 0.0794 e. The fraction of sp³-hybridized carbons (Fsp3) is 0.800. The van der Waals surface area contributed by atoms with Crippen LogP contribution >= 0.6 is 27.3 Å². The van der Waals surface area contributed by atoms with E-state index in [0.717, 1.165) is 11.2 Å². The first-order valence-corrected chi connectivity index (χ1v) is 9.27. The second kappa shape index (κ2) is 7.04. The fourth-order valence-corrected chi connectivity index (χ4v) is 4.46. The molecule has 0 bridgehead atoms. The van der Waals surface area contributed by atoms with Crippen molar-refractivity contribution in [3.05, 3.63) is 16.6 Å². The standard InChI is InChI=1S/C15H24BrNS/c1-2-3-4-13-5-7-15(11-16,8-6-13)9-14-10-18-12-17-14/h10,12-13H,2-9,11H2,1H3. The summed E-state index contributed by atoms with van der Waals surface area (Å²) in [6.45, 7) is 2.30. The van der Waals surface area contributed by atoms with Gasteiger partial charge in [-0.1, -0.05) is 42.1 Å². The third-order valence-corrected chi connectivity index (χ3v) is 6.28. The number of halogens is 1. The third kappa shape index (κ3) is 3.80. The lowest BCUT2D eigenvalue weighted by atomic mass is 9.68. The highest BCUT2D eigenvalue weighted by atomic mass is 79.9. The van der Waals surface area contributed by atoms with Gasteiger partial charge < -0.3 is 0 Å². The minimum absolute atomic E-state index is 0.483.